The molecule has 1 heterocycles. The van der Waals surface area contributed by atoms with Crippen LogP contribution in [0.3, 0.4) is 0 Å². The van der Waals surface area contributed by atoms with E-state index in [1.54, 1.807) is 25.1 Å². The number of halogens is 2. The number of hydrogen-bond donors (Lipinski definition) is 0. The fourth-order valence-corrected chi connectivity index (χ4v) is 6.89. The van der Waals surface area contributed by atoms with E-state index in [1.165, 1.54) is 18.2 Å². The molecule has 1 aromatic carbocycles. The van der Waals surface area contributed by atoms with Crippen LogP contribution < -0.4 is 4.90 Å². The van der Waals surface area contributed by atoms with Crippen molar-refractivity contribution in [3.63, 3.8) is 0 Å². The highest BCUT2D eigenvalue weighted by molar-refractivity contribution is 7.89. The minimum absolute atomic E-state index is 0.00637. The van der Waals surface area contributed by atoms with Crippen LogP contribution in [0.1, 0.15) is 72.3 Å². The lowest BCUT2D eigenvalue weighted by Crippen LogP contribution is -2.46. The van der Waals surface area contributed by atoms with Gasteiger partial charge < -0.3 is 4.90 Å². The quantitative estimate of drug-likeness (QED) is 0.609. The average Bonchev–Trinajstić information content (AvgIpc) is 2.91. The molecule has 31 heavy (non-hydrogen) atoms. The summed E-state index contributed by atoms with van der Waals surface area (Å²) in [6.07, 6.45) is 4.68. The molecule has 0 radical (unpaired) electrons. The number of carbonyl (C=O) groups excluding carboxylic acids is 1. The molecule has 1 atom stereocenters. The van der Waals surface area contributed by atoms with Crippen molar-refractivity contribution in [2.24, 2.45) is 5.41 Å². The van der Waals surface area contributed by atoms with Crippen LogP contribution in [0.2, 0.25) is 0 Å². The minimum Gasteiger partial charge on any atom is -0.306 e. The molecular formula is C23H34F2N2O3S. The van der Waals surface area contributed by atoms with Gasteiger partial charge in [0.05, 0.1) is 17.1 Å². The molecule has 0 aromatic heterocycles. The predicted molar refractivity (Wildman–Crippen MR) is 118 cm³/mol. The Balaban J connectivity index is 2.14. The van der Waals surface area contributed by atoms with E-state index in [1.807, 2.05) is 13.8 Å². The summed E-state index contributed by atoms with van der Waals surface area (Å²) in [5, 5.41) is 0. The number of rotatable bonds is 6. The number of alkyl halides is 2. The van der Waals surface area contributed by atoms with Crippen molar-refractivity contribution in [3.05, 3.63) is 23.8 Å². The number of fused-ring (bicyclic) bond motifs is 1. The van der Waals surface area contributed by atoms with Crippen molar-refractivity contribution in [3.8, 4) is 0 Å². The van der Waals surface area contributed by atoms with Gasteiger partial charge in [0.25, 0.3) is 5.91 Å². The Hall–Kier alpha value is -1.54. The lowest BCUT2D eigenvalue weighted by Gasteiger charge is -2.36. The topological polar surface area (TPSA) is 57.7 Å². The summed E-state index contributed by atoms with van der Waals surface area (Å²) in [5.74, 6) is -0.838. The van der Waals surface area contributed by atoms with E-state index in [2.05, 4.69) is 0 Å². The maximum absolute atomic E-state index is 16.3. The third-order valence-corrected chi connectivity index (χ3v) is 8.65. The molecule has 1 aliphatic heterocycles. The second-order valence-corrected chi connectivity index (χ2v) is 11.8. The maximum Gasteiger partial charge on any atom is 0.270 e. The summed E-state index contributed by atoms with van der Waals surface area (Å²) < 4.78 is 58.3. The van der Waals surface area contributed by atoms with Crippen molar-refractivity contribution >= 4 is 21.6 Å². The van der Waals surface area contributed by atoms with E-state index in [-0.39, 0.29) is 34.8 Å². The van der Waals surface area contributed by atoms with Crippen LogP contribution in [-0.4, -0.2) is 43.9 Å². The second kappa shape index (κ2) is 8.43. The number of amides is 1. The van der Waals surface area contributed by atoms with Crippen LogP contribution >= 0.6 is 0 Å². The third kappa shape index (κ3) is 3.90. The summed E-state index contributed by atoms with van der Waals surface area (Å²) in [4.78, 5) is 14.1. The molecule has 8 heteroatoms. The molecule has 1 fully saturated rings. The summed E-state index contributed by atoms with van der Waals surface area (Å²) in [7, 11) is -3.90. The van der Waals surface area contributed by atoms with Gasteiger partial charge in [-0.05, 0) is 44.9 Å². The fraction of sp³-hybridized carbons (Fsp3) is 0.696. The van der Waals surface area contributed by atoms with Crippen molar-refractivity contribution in [2.45, 2.75) is 89.4 Å². The van der Waals surface area contributed by atoms with Gasteiger partial charge in [-0.25, -0.2) is 17.2 Å². The predicted octanol–water partition coefficient (Wildman–Crippen LogP) is 4.95. The van der Waals surface area contributed by atoms with Crippen LogP contribution in [0.25, 0.3) is 0 Å². The summed E-state index contributed by atoms with van der Waals surface area (Å²) in [5.41, 5.74) is -3.32. The van der Waals surface area contributed by atoms with E-state index >= 15 is 4.39 Å². The van der Waals surface area contributed by atoms with E-state index in [0.717, 1.165) is 37.0 Å². The normalized spacial score (nSPS) is 23.1. The molecule has 1 aliphatic carbocycles. The molecule has 2 aliphatic rings. The summed E-state index contributed by atoms with van der Waals surface area (Å²) in [6.45, 7) is 7.40. The SMILES string of the molecule is CC(C)N(C1CCCCC1)S(=O)(=O)c1ccc2c(c1)C(F)(C(C)(C)C)C(=O)N2CCF. The molecule has 1 amide bonds. The van der Waals surface area contributed by atoms with E-state index in [9.17, 15) is 17.6 Å². The Morgan fingerprint density at radius 2 is 1.81 bits per heavy atom. The number of sulfonamides is 1. The van der Waals surface area contributed by atoms with E-state index in [4.69, 9.17) is 0 Å². The molecule has 0 saturated heterocycles. The van der Waals surface area contributed by atoms with Crippen LogP contribution in [-0.2, 0) is 20.5 Å². The number of benzene rings is 1. The molecule has 0 bridgehead atoms. The average molecular weight is 457 g/mol. The molecule has 174 valence electrons. The Morgan fingerprint density at radius 1 is 1.19 bits per heavy atom. The lowest BCUT2D eigenvalue weighted by atomic mass is 9.74. The van der Waals surface area contributed by atoms with Gasteiger partial charge in [-0.3, -0.25) is 4.79 Å². The Kier molecular flexibility index (Phi) is 6.55. The molecule has 3 rings (SSSR count). The highest BCUT2D eigenvalue weighted by Gasteiger charge is 2.59. The highest BCUT2D eigenvalue weighted by Crippen LogP contribution is 2.53. The van der Waals surface area contributed by atoms with Gasteiger partial charge in [-0.1, -0.05) is 40.0 Å². The van der Waals surface area contributed by atoms with Gasteiger partial charge in [0, 0.05) is 23.1 Å². The first-order chi connectivity index (χ1) is 14.4. The van der Waals surface area contributed by atoms with E-state index in [0.29, 0.717) is 0 Å². The zero-order valence-corrected chi connectivity index (χ0v) is 19.9. The van der Waals surface area contributed by atoms with Gasteiger partial charge in [-0.2, -0.15) is 4.31 Å². The standard InChI is InChI=1S/C23H34F2N2O3S/c1-16(2)27(17-9-7-6-8-10-17)31(29,30)18-11-12-20-19(15-18)23(25,22(3,4)5)21(28)26(20)14-13-24/h11-12,15-17H,6-10,13-14H2,1-5H3. The molecular weight excluding hydrogens is 422 g/mol. The largest absolute Gasteiger partial charge is 0.306 e. The summed E-state index contributed by atoms with van der Waals surface area (Å²) in [6, 6.07) is 3.82. The number of nitrogens with zero attached hydrogens (tertiary/aromatic N) is 2. The van der Waals surface area contributed by atoms with Crippen LogP contribution in [0.5, 0.6) is 0 Å². The molecule has 1 aromatic rings. The van der Waals surface area contributed by atoms with Crippen LogP contribution in [0.4, 0.5) is 14.5 Å². The molecule has 1 unspecified atom stereocenters. The molecule has 5 nitrogen and oxygen atoms in total. The first kappa shape index (κ1) is 24.1. The van der Waals surface area contributed by atoms with Gasteiger partial charge in [-0.15, -0.1) is 0 Å². The summed E-state index contributed by atoms with van der Waals surface area (Å²) >= 11 is 0. The third-order valence-electron chi connectivity index (χ3n) is 6.53. The van der Waals surface area contributed by atoms with Crippen molar-refractivity contribution in [2.75, 3.05) is 18.1 Å². The first-order valence-corrected chi connectivity index (χ1v) is 12.6. The monoisotopic (exact) mass is 456 g/mol. The van der Waals surface area contributed by atoms with Gasteiger partial charge in [0.1, 0.15) is 6.67 Å². The Bertz CT molecular complexity index is 937. The number of hydrogen-bond acceptors (Lipinski definition) is 3. The number of anilines is 1. The molecule has 0 spiro atoms. The van der Waals surface area contributed by atoms with Gasteiger partial charge in [0.15, 0.2) is 0 Å². The van der Waals surface area contributed by atoms with Crippen molar-refractivity contribution < 1.29 is 22.0 Å². The fourth-order valence-electron chi connectivity index (χ4n) is 4.98. The molecule has 0 N–H and O–H groups in total. The second-order valence-electron chi connectivity index (χ2n) is 9.95. The zero-order chi connectivity index (χ0) is 23.2. The number of carbonyl (C=O) groups is 1. The smallest absolute Gasteiger partial charge is 0.270 e. The maximum atomic E-state index is 16.3. The first-order valence-electron chi connectivity index (χ1n) is 11.1. The minimum atomic E-state index is -3.90. The van der Waals surface area contributed by atoms with Crippen molar-refractivity contribution in [1.29, 1.82) is 0 Å². The van der Waals surface area contributed by atoms with E-state index < -0.39 is 33.7 Å². The van der Waals surface area contributed by atoms with Gasteiger partial charge >= 0.3 is 0 Å². The lowest BCUT2D eigenvalue weighted by molar-refractivity contribution is -0.136. The van der Waals surface area contributed by atoms with Crippen LogP contribution in [0, 0.1) is 5.41 Å². The van der Waals surface area contributed by atoms with Crippen molar-refractivity contribution in [1.82, 2.24) is 4.31 Å². The highest BCUT2D eigenvalue weighted by atomic mass is 32.2. The zero-order valence-electron chi connectivity index (χ0n) is 19.1. The van der Waals surface area contributed by atoms with Crippen LogP contribution in [0.15, 0.2) is 23.1 Å². The van der Waals surface area contributed by atoms with Gasteiger partial charge in [0.2, 0.25) is 15.7 Å². The Labute approximate surface area is 184 Å². The molecule has 1 saturated carbocycles. The Morgan fingerprint density at radius 3 is 2.32 bits per heavy atom.